The highest BCUT2D eigenvalue weighted by atomic mass is 35.5. The van der Waals surface area contributed by atoms with Crippen LogP contribution in [-0.2, 0) is 47.8 Å². The van der Waals surface area contributed by atoms with Crippen LogP contribution in [0.15, 0.2) is 78.9 Å². The Labute approximate surface area is 651 Å². The first-order chi connectivity index (χ1) is 52.8. The minimum Gasteiger partial charge on any atom is -0.508 e. The van der Waals surface area contributed by atoms with Gasteiger partial charge in [0.1, 0.15) is 77.2 Å². The van der Waals surface area contributed by atoms with Gasteiger partial charge in [0.25, 0.3) is 0 Å². The Bertz CT molecular complexity index is 4380. The highest BCUT2D eigenvalue weighted by Crippen LogP contribution is 2.55. The third-order valence-electron chi connectivity index (χ3n) is 22.3. The largest absolute Gasteiger partial charge is 0.508 e. The second kappa shape index (κ2) is 34.2. The third kappa shape index (κ3) is 18.2. The quantitative estimate of drug-likeness (QED) is 0.0386. The molecule has 5 fully saturated rings. The summed E-state index contributed by atoms with van der Waals surface area (Å²) in [6.45, 7) is 9.02. The van der Waals surface area contributed by atoms with Gasteiger partial charge in [0.15, 0.2) is 17.8 Å². The average Bonchev–Trinajstić information content (AvgIpc) is 0.757. The van der Waals surface area contributed by atoms with E-state index in [2.05, 4.69) is 60.1 Å². The van der Waals surface area contributed by atoms with Crippen molar-refractivity contribution in [2.75, 3.05) is 13.6 Å². The molecule has 10 aliphatic rings. The number of halogens is 2. The number of phenols is 4. The Kier molecular flexibility index (Phi) is 25.0. The van der Waals surface area contributed by atoms with Crippen LogP contribution < -0.4 is 68.4 Å². The molecular weight excluding hydrogens is 1480 g/mol. The van der Waals surface area contributed by atoms with Crippen molar-refractivity contribution in [2.45, 2.75) is 209 Å². The number of urea groups is 1. The van der Waals surface area contributed by atoms with Gasteiger partial charge in [-0.2, -0.15) is 0 Å². The maximum absolute atomic E-state index is 16.3. The SMILES string of the molecule is CCCCCCCCNC(=O)NC(=O)C[C@@H]1NC(=O)[C@H](NC(=O)[C@@H](CC(C)C)NC)[C@H](O)c2ccc(c(Cl)c2)Oc2cc3cc(c2O)Oc2ccc(cc2Cl)[C@@H](OC2CC(C)(N)C(O)C(C)O2)[C@@H]2NC(=O)[C@H](NC(=O)[C@@H]3NC1=O)c1ccc(O)c(c1)-c1c(O)cc(O)cc1[C@@H](C(=O)NC1C3CC4CC(C3)CC1C4)NC2=O. The zero-order valence-electron chi connectivity index (χ0n) is 62.3. The van der Waals surface area contributed by atoms with Crippen LogP contribution in [0.25, 0.3) is 11.1 Å². The van der Waals surface area contributed by atoms with Crippen molar-refractivity contribution in [2.24, 2.45) is 35.3 Å². The van der Waals surface area contributed by atoms with Crippen LogP contribution in [0.2, 0.25) is 10.0 Å². The summed E-state index contributed by atoms with van der Waals surface area (Å²) in [5.74, 6) is -12.4. The van der Waals surface area contributed by atoms with Gasteiger partial charge in [-0.15, -0.1) is 0 Å². The number of fused-ring (bicyclic) bond motifs is 15. The lowest BCUT2D eigenvalue weighted by molar-refractivity contribution is -0.255. The molecule has 0 spiro atoms. The third-order valence-corrected chi connectivity index (χ3v) is 22.9. The second-order valence-electron chi connectivity index (χ2n) is 31.2. The van der Waals surface area contributed by atoms with Crippen LogP contribution >= 0.6 is 23.2 Å². The molecule has 15 bridgehead atoms. The van der Waals surface area contributed by atoms with Crippen LogP contribution in [0.4, 0.5) is 4.79 Å². The number of benzene rings is 5. The van der Waals surface area contributed by atoms with E-state index in [-0.39, 0.29) is 104 Å². The zero-order chi connectivity index (χ0) is 79.6. The molecule has 0 radical (unpaired) electrons. The second-order valence-corrected chi connectivity index (χ2v) is 32.0. The number of unbranched alkanes of at least 4 members (excludes halogenated alkanes) is 5. The Morgan fingerprint density at radius 2 is 1.29 bits per heavy atom. The Hall–Kier alpha value is -9.53. The number of nitrogens with two attached hydrogens (primary N) is 1. The molecule has 5 aromatic carbocycles. The molecule has 13 atom stereocenters. The van der Waals surface area contributed by atoms with Crippen molar-refractivity contribution in [3.8, 4) is 57.1 Å². The van der Waals surface area contributed by atoms with Crippen molar-refractivity contribution in [1.29, 1.82) is 0 Å². The summed E-state index contributed by atoms with van der Waals surface area (Å²) in [7, 11) is 1.51. The number of nitrogens with one attached hydrogen (secondary N) is 10. The number of hydrogen-bond donors (Lipinski definition) is 17. The predicted octanol–water partition coefficient (Wildman–Crippen LogP) is 7.19. The normalized spacial score (nSPS) is 28.5. The van der Waals surface area contributed by atoms with Crippen LogP contribution in [0.3, 0.4) is 0 Å². The van der Waals surface area contributed by atoms with E-state index < -0.39 is 173 Å². The summed E-state index contributed by atoms with van der Waals surface area (Å²) < 4.78 is 25.9. The van der Waals surface area contributed by atoms with Gasteiger partial charge in [-0.05, 0) is 178 Å². The van der Waals surface area contributed by atoms with E-state index >= 15 is 28.8 Å². The van der Waals surface area contributed by atoms with Crippen molar-refractivity contribution >= 4 is 76.5 Å². The number of aliphatic hydroxyl groups is 2. The van der Waals surface area contributed by atoms with Gasteiger partial charge in [0.05, 0.1) is 34.7 Å². The molecule has 18 N–H and O–H groups in total. The minimum atomic E-state index is -2.25. The molecule has 1 saturated heterocycles. The Morgan fingerprint density at radius 1 is 0.676 bits per heavy atom. The van der Waals surface area contributed by atoms with Crippen LogP contribution in [0.5, 0.6) is 46.0 Å². The fourth-order valence-electron chi connectivity index (χ4n) is 16.8. The number of phenolic OH excluding ortho intramolecular Hbond substituents is 4. The number of amides is 10. The maximum atomic E-state index is 16.3. The van der Waals surface area contributed by atoms with Gasteiger partial charge in [-0.25, -0.2) is 4.79 Å². The number of carbonyl (C=O) groups is 9. The summed E-state index contributed by atoms with van der Waals surface area (Å²) in [5.41, 5.74) is 3.73. The van der Waals surface area contributed by atoms with E-state index in [4.69, 9.17) is 47.9 Å². The molecule has 4 saturated carbocycles. The molecule has 0 aromatic heterocycles. The van der Waals surface area contributed by atoms with Gasteiger partial charge < -0.3 is 103 Å². The van der Waals surface area contributed by atoms with Crippen molar-refractivity contribution in [1.82, 2.24) is 53.2 Å². The molecule has 6 aliphatic heterocycles. The molecule has 30 nitrogen and oxygen atoms in total. The van der Waals surface area contributed by atoms with E-state index in [0.29, 0.717) is 18.3 Å². The van der Waals surface area contributed by atoms with Gasteiger partial charge in [-0.1, -0.05) is 94.3 Å². The average molecular weight is 1580 g/mol. The summed E-state index contributed by atoms with van der Waals surface area (Å²) in [6, 6.07) is 0.639. The number of rotatable bonds is 18. The molecule has 5 aromatic rings. The van der Waals surface area contributed by atoms with Gasteiger partial charge >= 0.3 is 6.03 Å². The van der Waals surface area contributed by atoms with Gasteiger partial charge in [0, 0.05) is 41.7 Å². The van der Waals surface area contributed by atoms with E-state index in [0.717, 1.165) is 94.5 Å². The van der Waals surface area contributed by atoms with Crippen molar-refractivity contribution < 1.29 is 92.7 Å². The summed E-state index contributed by atoms with van der Waals surface area (Å²) >= 11 is 14.2. The minimum absolute atomic E-state index is 0.00173. The summed E-state index contributed by atoms with van der Waals surface area (Å²) in [6.07, 6.45) is 1.19. The topological polar surface area (TPSA) is 458 Å². The molecule has 4 aliphatic carbocycles. The number of ether oxygens (including phenoxy) is 4. The first-order valence-corrected chi connectivity index (χ1v) is 38.6. The number of carbonyl (C=O) groups excluding carboxylic acids is 9. The molecule has 32 heteroatoms. The maximum Gasteiger partial charge on any atom is 0.321 e. The number of aromatic hydroxyl groups is 4. The lowest BCUT2D eigenvalue weighted by Gasteiger charge is -2.54. The lowest BCUT2D eigenvalue weighted by Crippen LogP contribution is -2.61. The monoisotopic (exact) mass is 1570 g/mol. The summed E-state index contributed by atoms with van der Waals surface area (Å²) in [5, 5.41) is 98.1. The fourth-order valence-corrected chi connectivity index (χ4v) is 17.3. The number of imide groups is 1. The lowest BCUT2D eigenvalue weighted by atomic mass is 9.54. The Morgan fingerprint density at radius 3 is 1.93 bits per heavy atom. The van der Waals surface area contributed by atoms with E-state index in [9.17, 15) is 45.0 Å². The summed E-state index contributed by atoms with van der Waals surface area (Å²) in [4.78, 5) is 137. The highest BCUT2D eigenvalue weighted by molar-refractivity contribution is 6.32. The number of aliphatic hydroxyl groups excluding tert-OH is 2. The standard InChI is InChI=1S/C79H97Cl2N11O19/c1-7-8-9-10-11-12-19-84-78(107)86-58(96)33-51-72(101)88-63-44-29-56(109-54-17-14-40(27-48(54)80)67(97)65(76(105)85-51)91-71(100)50(83-6)20-35(2)3)68(98)57(30-44)110-55-18-15-41(28-49(55)81)69(111-59-34-79(5,82)70(99)36(4)108-59)66-77(106)90-64(75(104)87-61-42-22-37-21-38(24-42)25-43(61)23-37)47-31-45(93)32-53(95)60(47)46-26-39(13-16-52(46)94)62(73(102)92-66)89-74(63)103/h13-18,26-32,35-38,42-43,50-51,59,61-67,69-70,83,93-95,97-99H,7-12,19-25,33-34,82H2,1-6H3,(H,85,105)(H,87,104)(H,88,101)(H,89,103)(H,90,106)(H,91,100)(H,92,102)(H2,84,86,96,107)/t36?,37?,38?,42?,43?,50-,51+,59?,61?,62-,63-,64+,65-,66+,67-,69-,70?,79?/m1/s1. The molecule has 4 unspecified atom stereocenters. The molecule has 15 rings (SSSR count). The zero-order valence-corrected chi connectivity index (χ0v) is 63.8. The first-order valence-electron chi connectivity index (χ1n) is 37.9. The number of likely N-dealkylation sites (N-methyl/N-ethyl adjacent to an activating group) is 1. The van der Waals surface area contributed by atoms with E-state index in [1.165, 1.54) is 62.5 Å². The van der Waals surface area contributed by atoms with E-state index in [1.807, 2.05) is 13.8 Å². The van der Waals surface area contributed by atoms with Crippen molar-refractivity contribution in [3.05, 3.63) is 117 Å². The molecule has 6 heterocycles. The first kappa shape index (κ1) is 81.0. The molecular formula is C79H97Cl2N11O19. The Balaban J connectivity index is 1.03. The van der Waals surface area contributed by atoms with E-state index in [1.54, 1.807) is 6.92 Å². The molecule has 111 heavy (non-hydrogen) atoms. The molecule has 10 amide bonds. The smallest absolute Gasteiger partial charge is 0.321 e. The van der Waals surface area contributed by atoms with Gasteiger partial charge in [0.2, 0.25) is 53.0 Å². The highest BCUT2D eigenvalue weighted by Gasteiger charge is 2.51. The fraction of sp³-hybridized carbons (Fsp3) is 0.506. The van der Waals surface area contributed by atoms with Gasteiger partial charge in [-0.3, -0.25) is 43.7 Å². The van der Waals surface area contributed by atoms with Crippen LogP contribution in [0.1, 0.15) is 183 Å². The van der Waals surface area contributed by atoms with Crippen molar-refractivity contribution in [3.63, 3.8) is 0 Å². The van der Waals surface area contributed by atoms with Crippen LogP contribution in [-0.4, -0.2) is 152 Å². The predicted molar refractivity (Wildman–Crippen MR) is 404 cm³/mol. The van der Waals surface area contributed by atoms with Crippen LogP contribution in [0, 0.1) is 29.6 Å². The molecule has 596 valence electrons. The number of hydrogen-bond acceptors (Lipinski definition) is 21.